The molecule has 0 aliphatic heterocycles. The van der Waals surface area contributed by atoms with Crippen LogP contribution in [0, 0.1) is 0 Å². The van der Waals surface area contributed by atoms with Crippen molar-refractivity contribution in [1.29, 1.82) is 0 Å². The number of rotatable bonds is 3. The largest absolute Gasteiger partial charge is 0.507 e. The molecule has 0 radical (unpaired) electrons. The number of phenolic OH excluding ortho intramolecular Hbond substituents is 1. The van der Waals surface area contributed by atoms with E-state index in [1.54, 1.807) is 19.2 Å². The highest BCUT2D eigenvalue weighted by atomic mass is 16.5. The number of phenols is 1. The summed E-state index contributed by atoms with van der Waals surface area (Å²) in [5, 5.41) is 9.66. The third-order valence-electron chi connectivity index (χ3n) is 2.00. The number of hydrogen-bond donors (Lipinski definition) is 1. The molecular weight excluding hydrogens is 178 g/mol. The van der Waals surface area contributed by atoms with Gasteiger partial charge < -0.3 is 9.84 Å². The van der Waals surface area contributed by atoms with Gasteiger partial charge in [-0.15, -0.1) is 0 Å². The summed E-state index contributed by atoms with van der Waals surface area (Å²) >= 11 is 0. The van der Waals surface area contributed by atoms with E-state index in [4.69, 9.17) is 4.74 Å². The Balaban J connectivity index is 3.22. The average molecular weight is 193 g/mol. The van der Waals surface area contributed by atoms with Crippen LogP contribution in [-0.4, -0.2) is 24.5 Å². The van der Waals surface area contributed by atoms with Crippen LogP contribution < -0.4 is 4.74 Å². The van der Waals surface area contributed by atoms with Crippen molar-refractivity contribution in [2.24, 2.45) is 4.99 Å². The quantitative estimate of drug-likeness (QED) is 0.748. The first kappa shape index (κ1) is 10.6. The summed E-state index contributed by atoms with van der Waals surface area (Å²) in [5.41, 5.74) is 1.45. The van der Waals surface area contributed by atoms with Gasteiger partial charge in [0.1, 0.15) is 11.5 Å². The molecule has 0 amide bonds. The van der Waals surface area contributed by atoms with Crippen LogP contribution in [0.4, 0.5) is 0 Å². The van der Waals surface area contributed by atoms with E-state index < -0.39 is 0 Å². The molecule has 0 fully saturated rings. The minimum absolute atomic E-state index is 0.207. The first-order valence-corrected chi connectivity index (χ1v) is 4.59. The third-order valence-corrected chi connectivity index (χ3v) is 2.00. The highest BCUT2D eigenvalue weighted by Crippen LogP contribution is 2.28. The first-order valence-electron chi connectivity index (χ1n) is 4.59. The van der Waals surface area contributed by atoms with E-state index >= 15 is 0 Å². The predicted octanol–water partition coefficient (Wildman–Crippen LogP) is 2.23. The van der Waals surface area contributed by atoms with Gasteiger partial charge in [0.25, 0.3) is 0 Å². The molecule has 1 aromatic carbocycles. The summed E-state index contributed by atoms with van der Waals surface area (Å²) < 4.78 is 5.40. The minimum atomic E-state index is 0.207. The monoisotopic (exact) mass is 193 g/mol. The van der Waals surface area contributed by atoms with Gasteiger partial charge in [-0.05, 0) is 26.0 Å². The fourth-order valence-electron chi connectivity index (χ4n) is 1.27. The summed E-state index contributed by atoms with van der Waals surface area (Å²) in [6.07, 6.45) is 0. The van der Waals surface area contributed by atoms with E-state index in [0.29, 0.717) is 17.9 Å². The van der Waals surface area contributed by atoms with E-state index in [2.05, 4.69) is 4.99 Å². The number of ether oxygens (including phenoxy) is 1. The summed E-state index contributed by atoms with van der Waals surface area (Å²) in [4.78, 5) is 4.04. The van der Waals surface area contributed by atoms with Crippen LogP contribution in [0.5, 0.6) is 11.5 Å². The van der Waals surface area contributed by atoms with Gasteiger partial charge in [-0.1, -0.05) is 6.07 Å². The van der Waals surface area contributed by atoms with Crippen molar-refractivity contribution < 1.29 is 9.84 Å². The Morgan fingerprint density at radius 3 is 2.79 bits per heavy atom. The number of benzene rings is 1. The molecule has 3 nitrogen and oxygen atoms in total. The molecule has 0 saturated heterocycles. The molecule has 0 saturated carbocycles. The summed E-state index contributed by atoms with van der Waals surface area (Å²) in [5.74, 6) is 0.884. The van der Waals surface area contributed by atoms with Crippen LogP contribution in [-0.2, 0) is 0 Å². The molecule has 0 aliphatic carbocycles. The maximum Gasteiger partial charge on any atom is 0.132 e. The molecule has 0 spiro atoms. The second-order valence-electron chi connectivity index (χ2n) is 2.89. The number of aromatic hydroxyl groups is 1. The number of aliphatic imine (C=N–C) groups is 1. The molecule has 0 atom stereocenters. The van der Waals surface area contributed by atoms with Crippen LogP contribution in [0.15, 0.2) is 23.2 Å². The van der Waals surface area contributed by atoms with Crippen molar-refractivity contribution in [2.75, 3.05) is 13.7 Å². The zero-order chi connectivity index (χ0) is 10.6. The van der Waals surface area contributed by atoms with Gasteiger partial charge in [0.2, 0.25) is 0 Å². The van der Waals surface area contributed by atoms with Gasteiger partial charge >= 0.3 is 0 Å². The van der Waals surface area contributed by atoms with Gasteiger partial charge in [-0.25, -0.2) is 0 Å². The smallest absolute Gasteiger partial charge is 0.132 e. The summed E-state index contributed by atoms with van der Waals surface area (Å²) in [6.45, 7) is 4.33. The molecule has 0 bridgehead atoms. The highest BCUT2D eigenvalue weighted by molar-refractivity contribution is 6.03. The normalized spacial score (nSPS) is 11.5. The molecule has 1 N–H and O–H groups in total. The molecule has 3 heteroatoms. The Hall–Kier alpha value is -1.51. The Morgan fingerprint density at radius 2 is 2.21 bits per heavy atom. The summed E-state index contributed by atoms with van der Waals surface area (Å²) in [6, 6.07) is 5.21. The third kappa shape index (κ3) is 2.05. The fourth-order valence-corrected chi connectivity index (χ4v) is 1.27. The van der Waals surface area contributed by atoms with Crippen LogP contribution in [0.25, 0.3) is 0 Å². The Bertz CT molecular complexity index is 345. The lowest BCUT2D eigenvalue weighted by molar-refractivity contribution is 0.337. The van der Waals surface area contributed by atoms with Crippen molar-refractivity contribution in [2.45, 2.75) is 13.8 Å². The number of hydrogen-bond acceptors (Lipinski definition) is 3. The zero-order valence-corrected chi connectivity index (χ0v) is 8.74. The van der Waals surface area contributed by atoms with Crippen molar-refractivity contribution >= 4 is 5.71 Å². The molecule has 76 valence electrons. The predicted molar refractivity (Wildman–Crippen MR) is 57.4 cm³/mol. The van der Waals surface area contributed by atoms with Crippen LogP contribution in [0.2, 0.25) is 0 Å². The van der Waals surface area contributed by atoms with Crippen molar-refractivity contribution in [3.63, 3.8) is 0 Å². The lowest BCUT2D eigenvalue weighted by Crippen LogP contribution is -2.01. The van der Waals surface area contributed by atoms with Crippen molar-refractivity contribution in [1.82, 2.24) is 0 Å². The molecule has 14 heavy (non-hydrogen) atoms. The van der Waals surface area contributed by atoms with Gasteiger partial charge in [0.15, 0.2) is 0 Å². The lowest BCUT2D eigenvalue weighted by atomic mass is 10.1. The zero-order valence-electron chi connectivity index (χ0n) is 8.74. The Kier molecular flexibility index (Phi) is 3.51. The van der Waals surface area contributed by atoms with Crippen molar-refractivity contribution in [3.8, 4) is 11.5 Å². The molecule has 0 aromatic heterocycles. The van der Waals surface area contributed by atoms with Crippen LogP contribution in [0.1, 0.15) is 19.4 Å². The van der Waals surface area contributed by atoms with E-state index in [1.807, 2.05) is 19.9 Å². The van der Waals surface area contributed by atoms with Crippen molar-refractivity contribution in [3.05, 3.63) is 23.8 Å². The van der Waals surface area contributed by atoms with Gasteiger partial charge in [-0.2, -0.15) is 0 Å². The first-order chi connectivity index (χ1) is 6.70. The fraction of sp³-hybridized carbons (Fsp3) is 0.364. The van der Waals surface area contributed by atoms with E-state index in [1.165, 1.54) is 0 Å². The van der Waals surface area contributed by atoms with Crippen LogP contribution in [0.3, 0.4) is 0 Å². The van der Waals surface area contributed by atoms with E-state index in [0.717, 1.165) is 5.71 Å². The molecular formula is C11H15NO2. The number of nitrogens with zero attached hydrogens (tertiary/aromatic N) is 1. The molecule has 0 heterocycles. The van der Waals surface area contributed by atoms with Gasteiger partial charge in [0.05, 0.1) is 12.2 Å². The van der Waals surface area contributed by atoms with Crippen LogP contribution >= 0.6 is 0 Å². The molecule has 0 aliphatic rings. The second kappa shape index (κ2) is 4.65. The van der Waals surface area contributed by atoms with E-state index in [-0.39, 0.29) is 5.75 Å². The highest BCUT2D eigenvalue weighted by Gasteiger charge is 2.10. The summed E-state index contributed by atoms with van der Waals surface area (Å²) in [7, 11) is 1.69. The average Bonchev–Trinajstić information content (AvgIpc) is 2.18. The van der Waals surface area contributed by atoms with Gasteiger partial charge in [0, 0.05) is 12.8 Å². The molecule has 0 unspecified atom stereocenters. The van der Waals surface area contributed by atoms with Gasteiger partial charge in [-0.3, -0.25) is 4.99 Å². The maximum atomic E-state index is 9.66. The Morgan fingerprint density at radius 1 is 1.50 bits per heavy atom. The lowest BCUT2D eigenvalue weighted by Gasteiger charge is -2.10. The topological polar surface area (TPSA) is 41.8 Å². The van der Waals surface area contributed by atoms with E-state index in [9.17, 15) is 5.11 Å². The standard InChI is InChI=1S/C11H15NO2/c1-4-14-10-7-5-6-9(13)11(10)8(2)12-3/h5-7,13H,4H2,1-3H3. The SMILES string of the molecule is CCOc1cccc(O)c1C(C)=NC. The Labute approximate surface area is 84.1 Å². The molecule has 1 aromatic rings. The minimum Gasteiger partial charge on any atom is -0.507 e. The molecule has 1 rings (SSSR count). The second-order valence-corrected chi connectivity index (χ2v) is 2.89. The maximum absolute atomic E-state index is 9.66.